The van der Waals surface area contributed by atoms with Crippen molar-refractivity contribution in [3.8, 4) is 17.1 Å². The van der Waals surface area contributed by atoms with E-state index in [0.717, 1.165) is 5.56 Å². The van der Waals surface area contributed by atoms with Crippen LogP contribution < -0.4 is 4.74 Å². The Morgan fingerprint density at radius 2 is 2.22 bits per heavy atom. The summed E-state index contributed by atoms with van der Waals surface area (Å²) >= 11 is 6.18. The van der Waals surface area contributed by atoms with Gasteiger partial charge in [-0.2, -0.15) is 0 Å². The van der Waals surface area contributed by atoms with Gasteiger partial charge in [0.1, 0.15) is 5.75 Å². The summed E-state index contributed by atoms with van der Waals surface area (Å²) in [6.45, 7) is 1.86. The number of nitrogens with zero attached hydrogens (tertiary/aromatic N) is 1. The quantitative estimate of drug-likeness (QED) is 0.925. The molecule has 0 unspecified atom stereocenters. The van der Waals surface area contributed by atoms with E-state index in [2.05, 4.69) is 5.16 Å². The number of rotatable bonds is 3. The van der Waals surface area contributed by atoms with Crippen molar-refractivity contribution in [2.24, 2.45) is 0 Å². The fourth-order valence-electron chi connectivity index (χ4n) is 1.60. The second kappa shape index (κ2) is 4.70. The van der Waals surface area contributed by atoms with Gasteiger partial charge in [-0.1, -0.05) is 22.8 Å². The third kappa shape index (κ3) is 2.04. The SMILES string of the molecule is COc1c(C)ccc(-c2cc(C(=O)O)no2)c1Cl. The molecule has 2 aromatic rings. The Bertz CT molecular complexity index is 606. The summed E-state index contributed by atoms with van der Waals surface area (Å²) in [5.74, 6) is -0.335. The van der Waals surface area contributed by atoms with Crippen LogP contribution in [0.25, 0.3) is 11.3 Å². The van der Waals surface area contributed by atoms with Crippen molar-refractivity contribution in [1.29, 1.82) is 0 Å². The molecule has 0 atom stereocenters. The van der Waals surface area contributed by atoms with E-state index in [4.69, 9.17) is 26.0 Å². The molecule has 0 aliphatic carbocycles. The molecule has 0 radical (unpaired) electrons. The molecule has 5 nitrogen and oxygen atoms in total. The largest absolute Gasteiger partial charge is 0.495 e. The van der Waals surface area contributed by atoms with Gasteiger partial charge in [0.15, 0.2) is 11.5 Å². The number of halogens is 1. The molecule has 0 spiro atoms. The number of benzene rings is 1. The highest BCUT2D eigenvalue weighted by Gasteiger charge is 2.17. The van der Waals surface area contributed by atoms with E-state index in [1.54, 1.807) is 6.07 Å². The van der Waals surface area contributed by atoms with Crippen LogP contribution >= 0.6 is 11.6 Å². The van der Waals surface area contributed by atoms with Crippen LogP contribution in [-0.2, 0) is 0 Å². The summed E-state index contributed by atoms with van der Waals surface area (Å²) in [4.78, 5) is 10.7. The average molecular weight is 268 g/mol. The molecule has 94 valence electrons. The van der Waals surface area contributed by atoms with Gasteiger partial charge in [-0.05, 0) is 18.6 Å². The summed E-state index contributed by atoms with van der Waals surface area (Å²) in [5.41, 5.74) is 1.25. The number of carbonyl (C=O) groups is 1. The Morgan fingerprint density at radius 3 is 2.78 bits per heavy atom. The topological polar surface area (TPSA) is 72.6 Å². The van der Waals surface area contributed by atoms with Crippen molar-refractivity contribution in [3.63, 3.8) is 0 Å². The molecule has 6 heteroatoms. The standard InChI is InChI=1S/C12H10ClNO4/c1-6-3-4-7(10(13)11(6)17-2)9-5-8(12(15)16)14-18-9/h3-5H,1-2H3,(H,15,16). The Kier molecular flexibility index (Phi) is 3.25. The van der Waals surface area contributed by atoms with Crippen molar-refractivity contribution in [2.75, 3.05) is 7.11 Å². The summed E-state index contributed by atoms with van der Waals surface area (Å²) < 4.78 is 10.1. The minimum Gasteiger partial charge on any atom is -0.495 e. The number of hydrogen-bond acceptors (Lipinski definition) is 4. The molecule has 0 fully saturated rings. The Balaban J connectivity index is 2.53. The molecule has 0 saturated carbocycles. The molecule has 1 heterocycles. The van der Waals surface area contributed by atoms with E-state index in [1.807, 2.05) is 13.0 Å². The maximum absolute atomic E-state index is 10.7. The summed E-state index contributed by atoms with van der Waals surface area (Å²) in [7, 11) is 1.51. The number of aromatic carboxylic acids is 1. The van der Waals surface area contributed by atoms with Crippen molar-refractivity contribution in [2.45, 2.75) is 6.92 Å². The number of aryl methyl sites for hydroxylation is 1. The lowest BCUT2D eigenvalue weighted by Crippen LogP contribution is -1.94. The lowest BCUT2D eigenvalue weighted by atomic mass is 10.1. The molecule has 0 bridgehead atoms. The molecule has 0 saturated heterocycles. The molecule has 0 aliphatic heterocycles. The maximum atomic E-state index is 10.7. The number of methoxy groups -OCH3 is 1. The summed E-state index contributed by atoms with van der Waals surface area (Å²) in [5, 5.41) is 12.6. The predicted octanol–water partition coefficient (Wildman–Crippen LogP) is 3.01. The average Bonchev–Trinajstić information content (AvgIpc) is 2.79. The van der Waals surface area contributed by atoms with Crippen LogP contribution in [0.2, 0.25) is 5.02 Å². The van der Waals surface area contributed by atoms with Crippen LogP contribution in [0.1, 0.15) is 16.1 Å². The Hall–Kier alpha value is -2.01. The van der Waals surface area contributed by atoms with Gasteiger partial charge >= 0.3 is 5.97 Å². The molecule has 1 N–H and O–H groups in total. The molecular formula is C12H10ClNO4. The van der Waals surface area contributed by atoms with Crippen LogP contribution in [0.4, 0.5) is 0 Å². The lowest BCUT2D eigenvalue weighted by Gasteiger charge is -2.09. The highest BCUT2D eigenvalue weighted by molar-refractivity contribution is 6.34. The van der Waals surface area contributed by atoms with E-state index in [0.29, 0.717) is 16.3 Å². The van der Waals surface area contributed by atoms with Crippen molar-refractivity contribution < 1.29 is 19.2 Å². The van der Waals surface area contributed by atoms with Crippen LogP contribution in [0, 0.1) is 6.92 Å². The molecule has 1 aromatic heterocycles. The normalized spacial score (nSPS) is 10.4. The smallest absolute Gasteiger partial charge is 0.358 e. The first-order valence-corrected chi connectivity index (χ1v) is 5.46. The monoisotopic (exact) mass is 267 g/mol. The first kappa shape index (κ1) is 12.4. The van der Waals surface area contributed by atoms with Crippen molar-refractivity contribution >= 4 is 17.6 Å². The highest BCUT2D eigenvalue weighted by Crippen LogP contribution is 2.37. The van der Waals surface area contributed by atoms with Gasteiger partial charge < -0.3 is 14.4 Å². The fraction of sp³-hybridized carbons (Fsp3) is 0.167. The molecule has 0 aliphatic rings. The van der Waals surface area contributed by atoms with Gasteiger partial charge in [-0.25, -0.2) is 4.79 Å². The molecule has 0 amide bonds. The molecule has 1 aromatic carbocycles. The lowest BCUT2D eigenvalue weighted by molar-refractivity contribution is 0.0686. The van der Waals surface area contributed by atoms with Gasteiger partial charge in [-0.3, -0.25) is 0 Å². The van der Waals surface area contributed by atoms with Crippen molar-refractivity contribution in [1.82, 2.24) is 5.16 Å². The van der Waals surface area contributed by atoms with Gasteiger partial charge in [-0.15, -0.1) is 0 Å². The van der Waals surface area contributed by atoms with Gasteiger partial charge in [0.05, 0.1) is 12.1 Å². The van der Waals surface area contributed by atoms with Crippen LogP contribution in [-0.4, -0.2) is 23.3 Å². The zero-order valence-corrected chi connectivity index (χ0v) is 10.5. The zero-order valence-electron chi connectivity index (χ0n) is 9.73. The Morgan fingerprint density at radius 1 is 1.50 bits per heavy atom. The van der Waals surface area contributed by atoms with E-state index >= 15 is 0 Å². The summed E-state index contributed by atoms with van der Waals surface area (Å²) in [6.07, 6.45) is 0. The van der Waals surface area contributed by atoms with Crippen LogP contribution in [0.15, 0.2) is 22.7 Å². The third-order valence-electron chi connectivity index (χ3n) is 2.49. The highest BCUT2D eigenvalue weighted by atomic mass is 35.5. The number of aromatic nitrogens is 1. The minimum absolute atomic E-state index is 0.166. The van der Waals surface area contributed by atoms with E-state index in [-0.39, 0.29) is 11.5 Å². The number of ether oxygens (including phenoxy) is 1. The van der Waals surface area contributed by atoms with Gasteiger partial charge in [0.2, 0.25) is 0 Å². The number of carboxylic acid groups (broad SMARTS) is 1. The van der Waals surface area contributed by atoms with Crippen LogP contribution in [0.3, 0.4) is 0 Å². The van der Waals surface area contributed by atoms with Crippen molar-refractivity contribution in [3.05, 3.63) is 34.5 Å². The third-order valence-corrected chi connectivity index (χ3v) is 2.87. The second-order valence-corrected chi connectivity index (χ2v) is 4.04. The van der Waals surface area contributed by atoms with Gasteiger partial charge in [0, 0.05) is 11.6 Å². The summed E-state index contributed by atoms with van der Waals surface area (Å²) in [6, 6.07) is 4.85. The van der Waals surface area contributed by atoms with Gasteiger partial charge in [0.25, 0.3) is 0 Å². The molecule has 18 heavy (non-hydrogen) atoms. The first-order chi connectivity index (χ1) is 8.54. The Labute approximate surface area is 108 Å². The van der Waals surface area contributed by atoms with Crippen LogP contribution in [0.5, 0.6) is 5.75 Å². The second-order valence-electron chi connectivity index (χ2n) is 3.66. The zero-order chi connectivity index (χ0) is 13.3. The van der Waals surface area contributed by atoms with E-state index in [9.17, 15) is 4.79 Å². The van der Waals surface area contributed by atoms with E-state index in [1.165, 1.54) is 13.2 Å². The predicted molar refractivity (Wildman–Crippen MR) is 65.2 cm³/mol. The number of hydrogen-bond donors (Lipinski definition) is 1. The molecular weight excluding hydrogens is 258 g/mol. The molecule has 2 rings (SSSR count). The minimum atomic E-state index is -1.15. The number of carboxylic acids is 1. The first-order valence-electron chi connectivity index (χ1n) is 5.08. The van der Waals surface area contributed by atoms with E-state index < -0.39 is 5.97 Å². The fourth-order valence-corrected chi connectivity index (χ4v) is 1.98. The maximum Gasteiger partial charge on any atom is 0.358 e.